The highest BCUT2D eigenvalue weighted by atomic mass is 16.5. The maximum atomic E-state index is 5.54. The molecule has 2 rings (SSSR count). The van der Waals surface area contributed by atoms with Gasteiger partial charge in [0.15, 0.2) is 0 Å². The molecule has 27 heavy (non-hydrogen) atoms. The van der Waals surface area contributed by atoms with Crippen LogP contribution >= 0.6 is 0 Å². The molecular weight excluding hydrogens is 336 g/mol. The zero-order chi connectivity index (χ0) is 19.6. The fourth-order valence-corrected chi connectivity index (χ4v) is 3.59. The lowest BCUT2D eigenvalue weighted by atomic mass is 9.99. The first kappa shape index (κ1) is 21.4. The zero-order valence-corrected chi connectivity index (χ0v) is 17.7. The molecule has 0 radical (unpaired) electrons. The molecule has 1 unspecified atom stereocenters. The summed E-state index contributed by atoms with van der Waals surface area (Å²) in [4.78, 5) is 2.57. The number of hydrogen-bond donors (Lipinski definition) is 1. The number of hydrogen-bond acceptors (Lipinski definition) is 4. The first-order valence-corrected chi connectivity index (χ1v) is 10.2. The van der Waals surface area contributed by atoms with E-state index in [1.54, 1.807) is 14.2 Å². The van der Waals surface area contributed by atoms with E-state index >= 15 is 0 Å². The summed E-state index contributed by atoms with van der Waals surface area (Å²) in [6.45, 7) is 9.88. The topological polar surface area (TPSA) is 33.7 Å². The van der Waals surface area contributed by atoms with Crippen LogP contribution < -0.4 is 14.8 Å². The third-order valence-electron chi connectivity index (χ3n) is 5.11. The minimum Gasteiger partial charge on any atom is -0.496 e. The van der Waals surface area contributed by atoms with Crippen LogP contribution in [0.5, 0.6) is 11.5 Å². The molecule has 0 saturated heterocycles. The van der Waals surface area contributed by atoms with Crippen molar-refractivity contribution in [1.29, 1.82) is 0 Å². The molecule has 0 aromatic heterocycles. The first-order chi connectivity index (χ1) is 13.1. The van der Waals surface area contributed by atoms with Gasteiger partial charge in [0, 0.05) is 12.1 Å². The van der Waals surface area contributed by atoms with Gasteiger partial charge < -0.3 is 14.8 Å². The van der Waals surface area contributed by atoms with E-state index in [9.17, 15) is 0 Å². The smallest absolute Gasteiger partial charge is 0.125 e. The monoisotopic (exact) mass is 372 g/mol. The van der Waals surface area contributed by atoms with Crippen molar-refractivity contribution in [1.82, 2.24) is 10.2 Å². The van der Waals surface area contributed by atoms with Gasteiger partial charge in [-0.1, -0.05) is 32.8 Å². The molecule has 1 aromatic carbocycles. The van der Waals surface area contributed by atoms with Crippen LogP contribution in [0.4, 0.5) is 0 Å². The second-order valence-electron chi connectivity index (χ2n) is 7.25. The average molecular weight is 373 g/mol. The van der Waals surface area contributed by atoms with Gasteiger partial charge in [-0.05, 0) is 68.4 Å². The molecule has 4 nitrogen and oxygen atoms in total. The number of rotatable bonds is 11. The largest absolute Gasteiger partial charge is 0.496 e. The van der Waals surface area contributed by atoms with Gasteiger partial charge in [0.2, 0.25) is 0 Å². The average Bonchev–Trinajstić information content (AvgIpc) is 2.68. The Balaban J connectivity index is 2.15. The predicted octanol–water partition coefficient (Wildman–Crippen LogP) is 5.00. The van der Waals surface area contributed by atoms with Gasteiger partial charge in [-0.2, -0.15) is 0 Å². The second-order valence-corrected chi connectivity index (χ2v) is 7.25. The number of benzene rings is 1. The molecule has 1 aliphatic rings. The summed E-state index contributed by atoms with van der Waals surface area (Å²) in [6, 6.07) is 4.34. The van der Waals surface area contributed by atoms with E-state index in [2.05, 4.69) is 54.5 Å². The van der Waals surface area contributed by atoms with Crippen LogP contribution in [-0.4, -0.2) is 38.8 Å². The SMILES string of the molecule is CCCCCN(CCC)CC1=CC(c2cc(OC)c(C)c(OC)c2)NC=C1. The molecule has 1 atom stereocenters. The summed E-state index contributed by atoms with van der Waals surface area (Å²) in [5.74, 6) is 1.73. The van der Waals surface area contributed by atoms with Gasteiger partial charge in [0.25, 0.3) is 0 Å². The molecule has 0 aliphatic carbocycles. The van der Waals surface area contributed by atoms with Gasteiger partial charge in [-0.15, -0.1) is 0 Å². The molecule has 0 saturated carbocycles. The minimum atomic E-state index is 0.132. The van der Waals surface area contributed by atoms with Crippen LogP contribution in [-0.2, 0) is 0 Å². The van der Waals surface area contributed by atoms with E-state index in [-0.39, 0.29) is 6.04 Å². The fraction of sp³-hybridized carbons (Fsp3) is 0.565. The number of nitrogens with zero attached hydrogens (tertiary/aromatic N) is 1. The Hall–Kier alpha value is -1.94. The number of methoxy groups -OCH3 is 2. The molecule has 0 amide bonds. The quantitative estimate of drug-likeness (QED) is 0.554. The summed E-state index contributed by atoms with van der Waals surface area (Å²) < 4.78 is 11.1. The van der Waals surface area contributed by atoms with E-state index in [1.165, 1.54) is 37.8 Å². The lowest BCUT2D eigenvalue weighted by molar-refractivity contribution is 0.291. The Labute approximate surface area is 165 Å². The van der Waals surface area contributed by atoms with Crippen molar-refractivity contribution in [2.24, 2.45) is 0 Å². The van der Waals surface area contributed by atoms with E-state index in [4.69, 9.17) is 9.47 Å². The molecule has 0 spiro atoms. The number of dihydropyridines is 1. The van der Waals surface area contributed by atoms with Crippen molar-refractivity contribution in [2.75, 3.05) is 33.9 Å². The van der Waals surface area contributed by atoms with Gasteiger partial charge in [0.1, 0.15) is 11.5 Å². The van der Waals surface area contributed by atoms with Crippen molar-refractivity contribution in [3.05, 3.63) is 47.2 Å². The van der Waals surface area contributed by atoms with Crippen LogP contribution in [0.3, 0.4) is 0 Å². The van der Waals surface area contributed by atoms with Gasteiger partial charge in [-0.3, -0.25) is 4.90 Å². The molecular formula is C23H36N2O2. The van der Waals surface area contributed by atoms with E-state index in [0.29, 0.717) is 0 Å². The third kappa shape index (κ3) is 6.03. The Morgan fingerprint density at radius 1 is 1.00 bits per heavy atom. The molecule has 1 aromatic rings. The highest BCUT2D eigenvalue weighted by Crippen LogP contribution is 2.33. The Kier molecular flexibility index (Phi) is 8.73. The molecule has 0 fully saturated rings. The number of nitrogens with one attached hydrogen (secondary N) is 1. The van der Waals surface area contributed by atoms with Gasteiger partial charge >= 0.3 is 0 Å². The van der Waals surface area contributed by atoms with Crippen LogP contribution in [0.15, 0.2) is 36.1 Å². The second kappa shape index (κ2) is 11.0. The highest BCUT2D eigenvalue weighted by molar-refractivity contribution is 5.49. The standard InChI is InChI=1S/C23H36N2O2/c1-6-8-9-13-25(12-7-2)17-19-10-11-24-21(14-19)20-15-22(26-4)18(3)23(16-20)27-5/h10-11,14-16,21,24H,6-9,12-13,17H2,1-5H3. The minimum absolute atomic E-state index is 0.132. The lowest BCUT2D eigenvalue weighted by Gasteiger charge is -2.26. The molecule has 1 heterocycles. The van der Waals surface area contributed by atoms with E-state index in [0.717, 1.165) is 35.7 Å². The maximum absolute atomic E-state index is 5.54. The van der Waals surface area contributed by atoms with Crippen LogP contribution in [0, 0.1) is 6.92 Å². The van der Waals surface area contributed by atoms with E-state index < -0.39 is 0 Å². The maximum Gasteiger partial charge on any atom is 0.125 e. The Bertz CT molecular complexity index is 627. The van der Waals surface area contributed by atoms with Crippen LogP contribution in [0.1, 0.15) is 56.7 Å². The van der Waals surface area contributed by atoms with Gasteiger partial charge in [0.05, 0.1) is 20.3 Å². The van der Waals surface area contributed by atoms with Crippen molar-refractivity contribution in [3.8, 4) is 11.5 Å². The van der Waals surface area contributed by atoms with Crippen molar-refractivity contribution in [3.63, 3.8) is 0 Å². The lowest BCUT2D eigenvalue weighted by Crippen LogP contribution is -2.29. The number of ether oxygens (including phenoxy) is 2. The fourth-order valence-electron chi connectivity index (χ4n) is 3.59. The van der Waals surface area contributed by atoms with Crippen LogP contribution in [0.2, 0.25) is 0 Å². The first-order valence-electron chi connectivity index (χ1n) is 10.2. The van der Waals surface area contributed by atoms with Crippen molar-refractivity contribution >= 4 is 0 Å². The molecule has 150 valence electrons. The highest BCUT2D eigenvalue weighted by Gasteiger charge is 2.17. The summed E-state index contributed by atoms with van der Waals surface area (Å²) in [5, 5.41) is 3.46. The zero-order valence-electron chi connectivity index (χ0n) is 17.7. The normalized spacial score (nSPS) is 16.2. The van der Waals surface area contributed by atoms with Gasteiger partial charge in [-0.25, -0.2) is 0 Å². The Morgan fingerprint density at radius 2 is 1.70 bits per heavy atom. The van der Waals surface area contributed by atoms with Crippen LogP contribution in [0.25, 0.3) is 0 Å². The summed E-state index contributed by atoms with van der Waals surface area (Å²) in [5.41, 5.74) is 3.55. The van der Waals surface area contributed by atoms with Crippen molar-refractivity contribution in [2.45, 2.75) is 52.5 Å². The molecule has 1 aliphatic heterocycles. The summed E-state index contributed by atoms with van der Waals surface area (Å²) in [7, 11) is 3.42. The molecule has 4 heteroatoms. The van der Waals surface area contributed by atoms with Crippen molar-refractivity contribution < 1.29 is 9.47 Å². The number of unbranched alkanes of at least 4 members (excludes halogenated alkanes) is 2. The third-order valence-corrected chi connectivity index (χ3v) is 5.11. The van der Waals surface area contributed by atoms with E-state index in [1.807, 2.05) is 6.92 Å². The molecule has 0 bridgehead atoms. The summed E-state index contributed by atoms with van der Waals surface area (Å²) >= 11 is 0. The predicted molar refractivity (Wildman–Crippen MR) is 114 cm³/mol. The molecule has 1 N–H and O–H groups in total. The summed E-state index contributed by atoms with van der Waals surface area (Å²) in [6.07, 6.45) is 11.6. The Morgan fingerprint density at radius 3 is 2.30 bits per heavy atom.